The van der Waals surface area contributed by atoms with Gasteiger partial charge < -0.3 is 24.2 Å². The lowest BCUT2D eigenvalue weighted by molar-refractivity contribution is -0.161. The highest BCUT2D eigenvalue weighted by Gasteiger charge is 2.28. The van der Waals surface area contributed by atoms with Crippen molar-refractivity contribution in [2.24, 2.45) is 0 Å². The van der Waals surface area contributed by atoms with Crippen molar-refractivity contribution >= 4 is 25.7 Å². The Balaban J connectivity index is 4.75. The second-order valence-electron chi connectivity index (χ2n) is 19.0. The van der Waals surface area contributed by atoms with Gasteiger partial charge in [-0.2, -0.15) is 0 Å². The number of esters is 3. The number of aliphatic hydroxyl groups is 1. The van der Waals surface area contributed by atoms with Crippen LogP contribution >= 0.6 is 7.82 Å². The molecule has 0 radical (unpaired) electrons. The molecule has 12 heteroatoms. The van der Waals surface area contributed by atoms with Gasteiger partial charge in [0.15, 0.2) is 6.10 Å². The number of unbranched alkanes of at least 4 members (excludes halogenated alkanes) is 24. The Hall–Kier alpha value is -3.08. The first-order valence-electron chi connectivity index (χ1n) is 28.8. The molecule has 0 aliphatic carbocycles. The molecule has 3 unspecified atom stereocenters. The van der Waals surface area contributed by atoms with E-state index in [-0.39, 0.29) is 25.9 Å². The lowest BCUT2D eigenvalue weighted by atomic mass is 10.0. The predicted octanol–water partition coefficient (Wildman–Crippen LogP) is 16.9. The van der Waals surface area contributed by atoms with E-state index >= 15 is 0 Å². The standard InChI is InChI=1S/C60H105O11P/c1-4-7-10-13-16-19-22-25-27-28-30-32-34-37-40-43-46-49-58(62)67-53-57(71-60(64)51-48-45-42-39-36-33-29-26-23-20-17-14-11-8-5-2)55-69-72(65,66)68-54-56(52-61)70-59(63)50-47-44-41-38-35-31-24-21-18-15-12-9-6-3/h8-9,11-12,17-18,20-21,26,29,31,35,56-57,61H,4-7,10,13-16,19,22-25,27-28,30,32-34,36-55H2,1-3H3,(H,65,66)/b11-8-,12-9-,20-17-,21-18-,29-26-,35-31-. The average Bonchev–Trinajstić information content (AvgIpc) is 3.37. The van der Waals surface area contributed by atoms with Crippen molar-refractivity contribution in [3.63, 3.8) is 0 Å². The first-order chi connectivity index (χ1) is 35.2. The Morgan fingerprint density at radius 3 is 1.12 bits per heavy atom. The predicted molar refractivity (Wildman–Crippen MR) is 298 cm³/mol. The molecule has 416 valence electrons. The fourth-order valence-electron chi connectivity index (χ4n) is 7.80. The third-order valence-electron chi connectivity index (χ3n) is 12.1. The molecule has 0 heterocycles. The van der Waals surface area contributed by atoms with Gasteiger partial charge in [-0.1, -0.05) is 222 Å². The normalized spacial score (nSPS) is 13.9. The van der Waals surface area contributed by atoms with Crippen molar-refractivity contribution < 1.29 is 52.2 Å². The molecule has 0 aromatic heterocycles. The van der Waals surface area contributed by atoms with Crippen molar-refractivity contribution in [1.82, 2.24) is 0 Å². The molecule has 0 saturated carbocycles. The maximum Gasteiger partial charge on any atom is 0.472 e. The summed E-state index contributed by atoms with van der Waals surface area (Å²) in [7, 11) is -4.76. The number of carbonyl (C=O) groups is 3. The van der Waals surface area contributed by atoms with Crippen LogP contribution < -0.4 is 0 Å². The molecular weight excluding hydrogens is 928 g/mol. The number of phosphoric ester groups is 1. The summed E-state index contributed by atoms with van der Waals surface area (Å²) in [4.78, 5) is 48.5. The van der Waals surface area contributed by atoms with E-state index in [0.29, 0.717) is 19.3 Å². The molecule has 2 N–H and O–H groups in total. The molecule has 0 rings (SSSR count). The van der Waals surface area contributed by atoms with Crippen LogP contribution in [0.2, 0.25) is 0 Å². The molecule has 72 heavy (non-hydrogen) atoms. The summed E-state index contributed by atoms with van der Waals surface area (Å²) in [5.74, 6) is -1.51. The summed E-state index contributed by atoms with van der Waals surface area (Å²) >= 11 is 0. The number of aliphatic hydroxyl groups excluding tert-OH is 1. The van der Waals surface area contributed by atoms with Crippen molar-refractivity contribution in [3.05, 3.63) is 72.9 Å². The molecule has 3 atom stereocenters. The fraction of sp³-hybridized carbons (Fsp3) is 0.750. The van der Waals surface area contributed by atoms with Gasteiger partial charge in [0.1, 0.15) is 12.7 Å². The smallest absolute Gasteiger partial charge is 0.462 e. The summed E-state index contributed by atoms with van der Waals surface area (Å²) in [6.07, 6.45) is 60.1. The molecule has 11 nitrogen and oxygen atoms in total. The number of hydrogen-bond donors (Lipinski definition) is 2. The molecule has 0 spiro atoms. The van der Waals surface area contributed by atoms with Crippen LogP contribution in [-0.4, -0.2) is 66.5 Å². The Morgan fingerprint density at radius 1 is 0.403 bits per heavy atom. The van der Waals surface area contributed by atoms with Crippen LogP contribution in [0.4, 0.5) is 0 Å². The van der Waals surface area contributed by atoms with E-state index in [1.165, 1.54) is 83.5 Å². The SMILES string of the molecule is CC/C=C\C/C=C\C/C=C\CCCCCCCC(=O)OC(COC(=O)CCCCCCCCCCCCCCCCCCC)COP(=O)(O)OCC(CO)OC(=O)CCCCC/C=C\C/C=C\C/C=C\CC. The summed E-state index contributed by atoms with van der Waals surface area (Å²) in [6.45, 7) is 4.38. The lowest BCUT2D eigenvalue weighted by Crippen LogP contribution is -2.30. The Kier molecular flexibility index (Phi) is 51.9. The molecule has 0 aliphatic rings. The van der Waals surface area contributed by atoms with Crippen molar-refractivity contribution in [3.8, 4) is 0 Å². The topological polar surface area (TPSA) is 155 Å². The zero-order chi connectivity index (χ0) is 52.7. The van der Waals surface area contributed by atoms with Gasteiger partial charge >= 0.3 is 25.7 Å². The number of rotatable bonds is 53. The Morgan fingerprint density at radius 2 is 0.722 bits per heavy atom. The van der Waals surface area contributed by atoms with Gasteiger partial charge in [-0.15, -0.1) is 0 Å². The maximum atomic E-state index is 12.9. The summed E-state index contributed by atoms with van der Waals surface area (Å²) in [5, 5.41) is 9.80. The molecule has 0 fully saturated rings. The molecule has 0 aromatic carbocycles. The monoisotopic (exact) mass is 1030 g/mol. The first kappa shape index (κ1) is 68.9. The molecular formula is C60H105O11P. The highest BCUT2D eigenvalue weighted by Crippen LogP contribution is 2.43. The molecule has 0 bridgehead atoms. The summed E-state index contributed by atoms with van der Waals surface area (Å²) in [5.41, 5.74) is 0. The van der Waals surface area contributed by atoms with Crippen LogP contribution in [-0.2, 0) is 42.2 Å². The van der Waals surface area contributed by atoms with Crippen LogP contribution in [0.5, 0.6) is 0 Å². The van der Waals surface area contributed by atoms with Crippen molar-refractivity contribution in [2.45, 2.75) is 264 Å². The number of hydrogen-bond acceptors (Lipinski definition) is 10. The highest BCUT2D eigenvalue weighted by atomic mass is 31.2. The third kappa shape index (κ3) is 51.8. The van der Waals surface area contributed by atoms with Gasteiger partial charge in [0.05, 0.1) is 19.8 Å². The van der Waals surface area contributed by atoms with Crippen LogP contribution in [0.1, 0.15) is 252 Å². The molecule has 0 aliphatic heterocycles. The van der Waals surface area contributed by atoms with E-state index < -0.39 is 57.8 Å². The Labute approximate surface area is 439 Å². The zero-order valence-electron chi connectivity index (χ0n) is 45.9. The minimum atomic E-state index is -4.76. The van der Waals surface area contributed by atoms with Gasteiger partial charge in [0, 0.05) is 19.3 Å². The van der Waals surface area contributed by atoms with Crippen LogP contribution in [0.25, 0.3) is 0 Å². The van der Waals surface area contributed by atoms with E-state index in [9.17, 15) is 28.9 Å². The minimum Gasteiger partial charge on any atom is -0.462 e. The van der Waals surface area contributed by atoms with Gasteiger partial charge in [0.25, 0.3) is 0 Å². The zero-order valence-corrected chi connectivity index (χ0v) is 46.8. The minimum absolute atomic E-state index is 0.139. The molecule has 0 amide bonds. The maximum absolute atomic E-state index is 12.9. The van der Waals surface area contributed by atoms with E-state index in [1.807, 2.05) is 0 Å². The Bertz CT molecular complexity index is 1490. The van der Waals surface area contributed by atoms with Gasteiger partial charge in [-0.25, -0.2) is 4.57 Å². The fourth-order valence-corrected chi connectivity index (χ4v) is 8.58. The number of carbonyl (C=O) groups excluding carboxylic acids is 3. The number of ether oxygens (including phenoxy) is 3. The van der Waals surface area contributed by atoms with E-state index in [1.54, 1.807) is 0 Å². The average molecular weight is 1030 g/mol. The van der Waals surface area contributed by atoms with E-state index in [2.05, 4.69) is 93.7 Å². The van der Waals surface area contributed by atoms with Crippen LogP contribution in [0.3, 0.4) is 0 Å². The largest absolute Gasteiger partial charge is 0.472 e. The second kappa shape index (κ2) is 54.2. The highest BCUT2D eigenvalue weighted by molar-refractivity contribution is 7.47. The van der Waals surface area contributed by atoms with E-state index in [0.717, 1.165) is 109 Å². The summed E-state index contributed by atoms with van der Waals surface area (Å²) in [6, 6.07) is 0. The van der Waals surface area contributed by atoms with Gasteiger partial charge in [0.2, 0.25) is 0 Å². The van der Waals surface area contributed by atoms with E-state index in [4.69, 9.17) is 23.3 Å². The van der Waals surface area contributed by atoms with Gasteiger partial charge in [-0.05, 0) is 83.5 Å². The van der Waals surface area contributed by atoms with Crippen molar-refractivity contribution in [2.75, 3.05) is 26.4 Å². The second-order valence-corrected chi connectivity index (χ2v) is 20.5. The number of allylic oxidation sites excluding steroid dienone is 12. The quantitative estimate of drug-likeness (QED) is 0.0197. The number of phosphoric acid groups is 1. The first-order valence-corrected chi connectivity index (χ1v) is 30.3. The van der Waals surface area contributed by atoms with Gasteiger partial charge in [-0.3, -0.25) is 23.4 Å². The molecule has 0 saturated heterocycles. The van der Waals surface area contributed by atoms with Crippen molar-refractivity contribution in [1.29, 1.82) is 0 Å². The third-order valence-corrected chi connectivity index (χ3v) is 13.1. The lowest BCUT2D eigenvalue weighted by Gasteiger charge is -2.21. The summed E-state index contributed by atoms with van der Waals surface area (Å²) < 4.78 is 39.5. The molecule has 0 aromatic rings. The van der Waals surface area contributed by atoms with Crippen LogP contribution in [0, 0.1) is 0 Å². The van der Waals surface area contributed by atoms with Crippen LogP contribution in [0.15, 0.2) is 72.9 Å².